The highest BCUT2D eigenvalue weighted by Crippen LogP contribution is 2.27. The Labute approximate surface area is 101 Å². The average molecular weight is 249 g/mol. The Balaban J connectivity index is 2.30. The van der Waals surface area contributed by atoms with Gasteiger partial charge in [-0.05, 0) is 18.2 Å². The number of thiazole rings is 1. The molecule has 1 aromatic heterocycles. The van der Waals surface area contributed by atoms with Crippen LogP contribution < -0.4 is 0 Å². The highest BCUT2D eigenvalue weighted by molar-refractivity contribution is 7.15. The van der Waals surface area contributed by atoms with Gasteiger partial charge in [-0.3, -0.25) is 0 Å². The molecular weight excluding hydrogens is 241 g/mol. The number of benzene rings is 1. The van der Waals surface area contributed by atoms with Crippen LogP contribution in [0.3, 0.4) is 0 Å². The molecule has 0 saturated heterocycles. The zero-order valence-electron chi connectivity index (χ0n) is 8.63. The fourth-order valence-electron chi connectivity index (χ4n) is 1.28. The van der Waals surface area contributed by atoms with Gasteiger partial charge in [-0.2, -0.15) is 0 Å². The summed E-state index contributed by atoms with van der Waals surface area (Å²) >= 11 is 1.24. The van der Waals surface area contributed by atoms with Crippen LogP contribution in [0.1, 0.15) is 4.88 Å². The van der Waals surface area contributed by atoms with E-state index in [1.54, 1.807) is 18.2 Å². The minimum atomic E-state index is -1.02. The number of aromatic nitrogens is 1. The first kappa shape index (κ1) is 11.5. The van der Waals surface area contributed by atoms with Crippen molar-refractivity contribution in [1.29, 1.82) is 0 Å². The van der Waals surface area contributed by atoms with Crippen molar-refractivity contribution in [1.82, 2.24) is 4.98 Å². The van der Waals surface area contributed by atoms with Gasteiger partial charge in [-0.1, -0.05) is 12.1 Å². The van der Waals surface area contributed by atoms with Crippen LogP contribution in [0, 0.1) is 5.82 Å². The zero-order valence-corrected chi connectivity index (χ0v) is 9.45. The Morgan fingerprint density at radius 3 is 2.88 bits per heavy atom. The van der Waals surface area contributed by atoms with Gasteiger partial charge in [-0.15, -0.1) is 11.3 Å². The monoisotopic (exact) mass is 249 g/mol. The topological polar surface area (TPSA) is 50.2 Å². The van der Waals surface area contributed by atoms with Gasteiger partial charge in [0, 0.05) is 22.7 Å². The number of hydrogen-bond donors (Lipinski definition) is 1. The summed E-state index contributed by atoms with van der Waals surface area (Å²) in [6.07, 6.45) is 3.98. The molecular formula is C12H8FNO2S. The summed E-state index contributed by atoms with van der Waals surface area (Å²) in [4.78, 5) is 15.1. The Bertz CT molecular complexity index is 577. The zero-order chi connectivity index (χ0) is 12.3. The maximum absolute atomic E-state index is 13.5. The predicted octanol–water partition coefficient (Wildman–Crippen LogP) is 3.05. The molecule has 86 valence electrons. The molecule has 0 spiro atoms. The first-order valence-corrected chi connectivity index (χ1v) is 5.60. The smallest absolute Gasteiger partial charge is 0.328 e. The lowest BCUT2D eigenvalue weighted by Crippen LogP contribution is -1.84. The van der Waals surface area contributed by atoms with Crippen LogP contribution in [0.4, 0.5) is 4.39 Å². The Morgan fingerprint density at radius 1 is 1.41 bits per heavy atom. The quantitative estimate of drug-likeness (QED) is 0.850. The SMILES string of the molecule is O=C(O)/C=C/c1cnc(-c2ccccc2F)s1. The third-order valence-corrected chi connectivity index (χ3v) is 3.01. The van der Waals surface area contributed by atoms with Crippen LogP contribution in [0.2, 0.25) is 0 Å². The van der Waals surface area contributed by atoms with E-state index < -0.39 is 5.97 Å². The normalized spacial score (nSPS) is 10.9. The maximum atomic E-state index is 13.5. The maximum Gasteiger partial charge on any atom is 0.328 e. The van der Waals surface area contributed by atoms with E-state index in [1.165, 1.54) is 29.7 Å². The summed E-state index contributed by atoms with van der Waals surface area (Å²) in [7, 11) is 0. The fourth-order valence-corrected chi connectivity index (χ4v) is 2.12. The number of nitrogens with zero attached hydrogens (tertiary/aromatic N) is 1. The summed E-state index contributed by atoms with van der Waals surface area (Å²) in [6, 6.07) is 6.34. The molecule has 0 aliphatic rings. The second-order valence-corrected chi connectivity index (χ2v) is 4.28. The summed E-state index contributed by atoms with van der Waals surface area (Å²) in [6.45, 7) is 0. The van der Waals surface area contributed by atoms with Crippen LogP contribution >= 0.6 is 11.3 Å². The first-order valence-electron chi connectivity index (χ1n) is 4.78. The van der Waals surface area contributed by atoms with Crippen molar-refractivity contribution in [2.75, 3.05) is 0 Å². The molecule has 0 aliphatic heterocycles. The molecule has 0 atom stereocenters. The number of rotatable bonds is 3. The van der Waals surface area contributed by atoms with E-state index in [4.69, 9.17) is 5.11 Å². The van der Waals surface area contributed by atoms with E-state index in [-0.39, 0.29) is 5.82 Å². The molecule has 0 radical (unpaired) electrons. The molecule has 0 aliphatic carbocycles. The van der Waals surface area contributed by atoms with Gasteiger partial charge in [0.05, 0.1) is 0 Å². The first-order chi connectivity index (χ1) is 8.16. The second kappa shape index (κ2) is 4.88. The molecule has 2 rings (SSSR count). The number of carboxylic acid groups (broad SMARTS) is 1. The van der Waals surface area contributed by atoms with Gasteiger partial charge in [0.25, 0.3) is 0 Å². The molecule has 17 heavy (non-hydrogen) atoms. The standard InChI is InChI=1S/C12H8FNO2S/c13-10-4-2-1-3-9(10)12-14-7-8(17-12)5-6-11(15)16/h1-7H,(H,15,16)/b6-5+. The van der Waals surface area contributed by atoms with E-state index in [0.717, 1.165) is 6.08 Å². The Kier molecular flexibility index (Phi) is 3.30. The predicted molar refractivity (Wildman–Crippen MR) is 64.2 cm³/mol. The minimum Gasteiger partial charge on any atom is -0.478 e. The van der Waals surface area contributed by atoms with Crippen molar-refractivity contribution in [3.63, 3.8) is 0 Å². The second-order valence-electron chi connectivity index (χ2n) is 3.22. The van der Waals surface area contributed by atoms with Crippen LogP contribution in [0.5, 0.6) is 0 Å². The van der Waals surface area contributed by atoms with Crippen molar-refractivity contribution in [3.05, 3.63) is 47.2 Å². The van der Waals surface area contributed by atoms with E-state index in [1.807, 2.05) is 0 Å². The van der Waals surface area contributed by atoms with Gasteiger partial charge in [0.1, 0.15) is 10.8 Å². The highest BCUT2D eigenvalue weighted by Gasteiger charge is 2.07. The Hall–Kier alpha value is -2.01. The molecule has 1 heterocycles. The number of carboxylic acids is 1. The van der Waals surface area contributed by atoms with Crippen LogP contribution in [0.15, 0.2) is 36.5 Å². The Morgan fingerprint density at radius 2 is 2.18 bits per heavy atom. The fraction of sp³-hybridized carbons (Fsp3) is 0. The minimum absolute atomic E-state index is 0.337. The lowest BCUT2D eigenvalue weighted by molar-refractivity contribution is -0.131. The van der Waals surface area contributed by atoms with E-state index in [2.05, 4.69) is 4.98 Å². The summed E-state index contributed by atoms with van der Waals surface area (Å²) in [5.74, 6) is -1.36. The third kappa shape index (κ3) is 2.76. The summed E-state index contributed by atoms with van der Waals surface area (Å²) in [5, 5.41) is 9.02. The van der Waals surface area contributed by atoms with Gasteiger partial charge in [0.15, 0.2) is 0 Å². The van der Waals surface area contributed by atoms with Crippen molar-refractivity contribution in [2.45, 2.75) is 0 Å². The lowest BCUT2D eigenvalue weighted by Gasteiger charge is -1.96. The van der Waals surface area contributed by atoms with Crippen LogP contribution in [-0.4, -0.2) is 16.1 Å². The number of aliphatic carboxylic acids is 1. The summed E-state index contributed by atoms with van der Waals surface area (Å²) < 4.78 is 13.5. The van der Waals surface area contributed by atoms with Gasteiger partial charge >= 0.3 is 5.97 Å². The number of halogens is 1. The highest BCUT2D eigenvalue weighted by atomic mass is 32.1. The van der Waals surface area contributed by atoms with E-state index >= 15 is 0 Å². The van der Waals surface area contributed by atoms with E-state index in [0.29, 0.717) is 15.4 Å². The third-order valence-electron chi connectivity index (χ3n) is 2.02. The molecule has 1 aromatic carbocycles. The van der Waals surface area contributed by atoms with Crippen molar-refractivity contribution in [3.8, 4) is 10.6 Å². The van der Waals surface area contributed by atoms with Crippen LogP contribution in [0.25, 0.3) is 16.6 Å². The largest absolute Gasteiger partial charge is 0.478 e. The van der Waals surface area contributed by atoms with Crippen molar-refractivity contribution in [2.24, 2.45) is 0 Å². The molecule has 1 N–H and O–H groups in total. The summed E-state index contributed by atoms with van der Waals surface area (Å²) in [5.41, 5.74) is 0.424. The van der Waals surface area contributed by atoms with Crippen molar-refractivity contribution >= 4 is 23.4 Å². The molecule has 0 unspecified atom stereocenters. The molecule has 0 bridgehead atoms. The molecule has 5 heteroatoms. The number of carbonyl (C=O) groups is 1. The van der Waals surface area contributed by atoms with Crippen molar-refractivity contribution < 1.29 is 14.3 Å². The molecule has 2 aromatic rings. The van der Waals surface area contributed by atoms with E-state index in [9.17, 15) is 9.18 Å². The number of hydrogen-bond acceptors (Lipinski definition) is 3. The molecule has 0 amide bonds. The molecule has 3 nitrogen and oxygen atoms in total. The molecule has 0 saturated carbocycles. The van der Waals surface area contributed by atoms with Gasteiger partial charge < -0.3 is 5.11 Å². The van der Waals surface area contributed by atoms with Gasteiger partial charge in [-0.25, -0.2) is 14.2 Å². The van der Waals surface area contributed by atoms with Gasteiger partial charge in [0.2, 0.25) is 0 Å². The molecule has 0 fully saturated rings. The lowest BCUT2D eigenvalue weighted by atomic mass is 10.2. The average Bonchev–Trinajstić information content (AvgIpc) is 2.75. The van der Waals surface area contributed by atoms with Crippen LogP contribution in [-0.2, 0) is 4.79 Å².